The predicted molar refractivity (Wildman–Crippen MR) is 144 cm³/mol. The van der Waals surface area contributed by atoms with E-state index >= 15 is 0 Å². The van der Waals surface area contributed by atoms with Crippen LogP contribution in [0, 0.1) is 11.8 Å². The Balaban J connectivity index is 1.33. The Morgan fingerprint density at radius 2 is 1.44 bits per heavy atom. The highest BCUT2D eigenvalue weighted by atomic mass is 16.2. The number of amides is 2. The summed E-state index contributed by atoms with van der Waals surface area (Å²) in [5.74, 6) is 1.38. The van der Waals surface area contributed by atoms with E-state index in [0.29, 0.717) is 50.1 Å². The molecule has 2 amide bonds. The molecule has 36 heavy (non-hydrogen) atoms. The average molecular weight is 502 g/mol. The fourth-order valence-electron chi connectivity index (χ4n) is 7.32. The van der Waals surface area contributed by atoms with Gasteiger partial charge < -0.3 is 10.6 Å². The third kappa shape index (κ3) is 7.55. The van der Waals surface area contributed by atoms with Crippen molar-refractivity contribution in [3.05, 3.63) is 0 Å². The quantitative estimate of drug-likeness (QED) is 0.474. The molecule has 0 aromatic rings. The number of Topliss-reactive ketones (excluding diaryl/α,β-unsaturated/α-hetero) is 1. The van der Waals surface area contributed by atoms with E-state index in [2.05, 4.69) is 22.5 Å². The van der Waals surface area contributed by atoms with Crippen LogP contribution in [0.3, 0.4) is 0 Å². The Labute approximate surface area is 219 Å². The molecule has 3 aliphatic carbocycles. The second-order valence-corrected chi connectivity index (χ2v) is 12.6. The SMILES string of the molecule is C[C@@H]1CC[C@H](NC(=O)C2(NC(=O)CCC3CCCCC3)CCCCC2)C(=O)CN1CC1CCCCC1. The number of nitrogens with zero attached hydrogens (tertiary/aromatic N) is 1. The molecule has 1 aliphatic heterocycles. The highest BCUT2D eigenvalue weighted by Gasteiger charge is 2.43. The van der Waals surface area contributed by atoms with Crippen LogP contribution in [0.2, 0.25) is 0 Å². The second-order valence-electron chi connectivity index (χ2n) is 12.6. The number of hydrogen-bond acceptors (Lipinski definition) is 4. The topological polar surface area (TPSA) is 78.5 Å². The summed E-state index contributed by atoms with van der Waals surface area (Å²) in [5.41, 5.74) is -0.845. The van der Waals surface area contributed by atoms with Gasteiger partial charge in [0.2, 0.25) is 11.8 Å². The molecule has 3 saturated carbocycles. The summed E-state index contributed by atoms with van der Waals surface area (Å²) in [6.07, 6.45) is 20.3. The lowest BCUT2D eigenvalue weighted by Crippen LogP contribution is -2.62. The van der Waals surface area contributed by atoms with Crippen LogP contribution < -0.4 is 10.6 Å². The predicted octanol–water partition coefficient (Wildman–Crippen LogP) is 5.28. The first-order chi connectivity index (χ1) is 17.4. The summed E-state index contributed by atoms with van der Waals surface area (Å²) in [5, 5.41) is 6.34. The Hall–Kier alpha value is -1.43. The second kappa shape index (κ2) is 13.4. The van der Waals surface area contributed by atoms with E-state index in [-0.39, 0.29) is 17.6 Å². The van der Waals surface area contributed by atoms with Gasteiger partial charge in [0.25, 0.3) is 0 Å². The van der Waals surface area contributed by atoms with E-state index in [9.17, 15) is 14.4 Å². The van der Waals surface area contributed by atoms with E-state index in [4.69, 9.17) is 0 Å². The van der Waals surface area contributed by atoms with Crippen molar-refractivity contribution in [3.63, 3.8) is 0 Å². The molecule has 0 aromatic carbocycles. The third-order valence-corrected chi connectivity index (χ3v) is 9.79. The Bertz CT molecular complexity index is 736. The Morgan fingerprint density at radius 3 is 2.11 bits per heavy atom. The molecule has 2 atom stereocenters. The molecule has 6 nitrogen and oxygen atoms in total. The largest absolute Gasteiger partial charge is 0.344 e. The zero-order valence-electron chi connectivity index (χ0n) is 22.8. The summed E-state index contributed by atoms with van der Waals surface area (Å²) in [4.78, 5) is 42.3. The summed E-state index contributed by atoms with van der Waals surface area (Å²) in [6, 6.07) is -0.0739. The van der Waals surface area contributed by atoms with Gasteiger partial charge in [0, 0.05) is 19.0 Å². The van der Waals surface area contributed by atoms with Crippen LogP contribution in [0.4, 0.5) is 0 Å². The van der Waals surface area contributed by atoms with Crippen LogP contribution >= 0.6 is 0 Å². The van der Waals surface area contributed by atoms with Crippen molar-refractivity contribution in [1.29, 1.82) is 0 Å². The van der Waals surface area contributed by atoms with Gasteiger partial charge in [-0.25, -0.2) is 0 Å². The van der Waals surface area contributed by atoms with Crippen molar-refractivity contribution in [2.45, 2.75) is 147 Å². The summed E-state index contributed by atoms with van der Waals surface area (Å²) >= 11 is 0. The van der Waals surface area contributed by atoms with Crippen molar-refractivity contribution in [2.24, 2.45) is 11.8 Å². The monoisotopic (exact) mass is 501 g/mol. The number of rotatable bonds is 8. The lowest BCUT2D eigenvalue weighted by atomic mass is 9.80. The van der Waals surface area contributed by atoms with E-state index in [1.807, 2.05) is 0 Å². The molecule has 0 aromatic heterocycles. The minimum atomic E-state index is -0.845. The van der Waals surface area contributed by atoms with Gasteiger partial charge in [0.1, 0.15) is 5.54 Å². The highest BCUT2D eigenvalue weighted by Crippen LogP contribution is 2.31. The molecule has 6 heteroatoms. The maximum absolute atomic E-state index is 13.7. The fraction of sp³-hybridized carbons (Fsp3) is 0.900. The molecule has 0 bridgehead atoms. The van der Waals surface area contributed by atoms with Crippen molar-refractivity contribution >= 4 is 17.6 Å². The summed E-state index contributed by atoms with van der Waals surface area (Å²) < 4.78 is 0. The molecule has 4 fully saturated rings. The number of hydrogen-bond donors (Lipinski definition) is 2. The van der Waals surface area contributed by atoms with E-state index in [1.54, 1.807) is 0 Å². The lowest BCUT2D eigenvalue weighted by Gasteiger charge is -2.37. The first kappa shape index (κ1) is 27.6. The number of nitrogens with one attached hydrogen (secondary N) is 2. The van der Waals surface area contributed by atoms with Gasteiger partial charge in [0.05, 0.1) is 12.6 Å². The maximum Gasteiger partial charge on any atom is 0.246 e. The van der Waals surface area contributed by atoms with Crippen LogP contribution in [0.15, 0.2) is 0 Å². The number of carbonyl (C=O) groups excluding carboxylic acids is 3. The highest BCUT2D eigenvalue weighted by molar-refractivity contribution is 5.96. The van der Waals surface area contributed by atoms with Crippen molar-refractivity contribution in [1.82, 2.24) is 15.5 Å². The molecule has 2 N–H and O–H groups in total. The number of likely N-dealkylation sites (tertiary alicyclic amines) is 1. The number of carbonyl (C=O) groups is 3. The van der Waals surface area contributed by atoms with Crippen LogP contribution in [-0.2, 0) is 14.4 Å². The zero-order chi connectivity index (χ0) is 25.4. The van der Waals surface area contributed by atoms with Crippen LogP contribution in [-0.4, -0.2) is 53.2 Å². The molecular formula is C30H51N3O3. The molecule has 1 heterocycles. The average Bonchev–Trinajstić information content (AvgIpc) is 3.02. The minimum Gasteiger partial charge on any atom is -0.344 e. The van der Waals surface area contributed by atoms with E-state index in [1.165, 1.54) is 64.2 Å². The lowest BCUT2D eigenvalue weighted by molar-refractivity contribution is -0.137. The molecular weight excluding hydrogens is 450 g/mol. The third-order valence-electron chi connectivity index (χ3n) is 9.79. The zero-order valence-corrected chi connectivity index (χ0v) is 22.8. The van der Waals surface area contributed by atoms with Gasteiger partial charge in [0.15, 0.2) is 5.78 Å². The van der Waals surface area contributed by atoms with Crippen LogP contribution in [0.25, 0.3) is 0 Å². The first-order valence-corrected chi connectivity index (χ1v) is 15.3. The molecule has 204 valence electrons. The van der Waals surface area contributed by atoms with Crippen molar-refractivity contribution in [3.8, 4) is 0 Å². The van der Waals surface area contributed by atoms with E-state index < -0.39 is 11.6 Å². The summed E-state index contributed by atoms with van der Waals surface area (Å²) in [6.45, 7) is 3.67. The molecule has 0 radical (unpaired) electrons. The van der Waals surface area contributed by atoms with E-state index in [0.717, 1.165) is 38.6 Å². The van der Waals surface area contributed by atoms with Crippen LogP contribution in [0.1, 0.15) is 129 Å². The first-order valence-electron chi connectivity index (χ1n) is 15.3. The Kier molecular flexibility index (Phi) is 10.3. The Morgan fingerprint density at radius 1 is 0.833 bits per heavy atom. The van der Waals surface area contributed by atoms with Crippen molar-refractivity contribution in [2.75, 3.05) is 13.1 Å². The molecule has 4 aliphatic rings. The molecule has 0 unspecified atom stereocenters. The molecule has 4 rings (SSSR count). The van der Waals surface area contributed by atoms with Gasteiger partial charge in [-0.2, -0.15) is 0 Å². The van der Waals surface area contributed by atoms with Gasteiger partial charge in [-0.15, -0.1) is 0 Å². The standard InChI is InChI=1S/C30H51N3O3/c1-23-15-17-26(27(34)22-33(23)21-25-13-7-3-8-14-25)31-29(36)30(19-9-4-10-20-30)32-28(35)18-16-24-11-5-2-6-12-24/h23-26H,2-22H2,1H3,(H,31,36)(H,32,35)/t23-,26+/m1/s1. The van der Waals surface area contributed by atoms with Crippen molar-refractivity contribution < 1.29 is 14.4 Å². The van der Waals surface area contributed by atoms with Gasteiger partial charge in [-0.3, -0.25) is 19.3 Å². The fourth-order valence-corrected chi connectivity index (χ4v) is 7.32. The van der Waals surface area contributed by atoms with Crippen LogP contribution in [0.5, 0.6) is 0 Å². The smallest absolute Gasteiger partial charge is 0.246 e. The minimum absolute atomic E-state index is 0.0112. The summed E-state index contributed by atoms with van der Waals surface area (Å²) in [7, 11) is 0. The van der Waals surface area contributed by atoms with Gasteiger partial charge in [-0.1, -0.05) is 70.6 Å². The molecule has 0 spiro atoms. The van der Waals surface area contributed by atoms with Gasteiger partial charge in [-0.05, 0) is 63.7 Å². The van der Waals surface area contributed by atoms with Gasteiger partial charge >= 0.3 is 0 Å². The maximum atomic E-state index is 13.7. The number of ketones is 1. The molecule has 1 saturated heterocycles. The normalized spacial score (nSPS) is 28.9.